The van der Waals surface area contributed by atoms with Crippen molar-refractivity contribution < 1.29 is 13.9 Å². The van der Waals surface area contributed by atoms with Gasteiger partial charge in [-0.1, -0.05) is 15.9 Å². The van der Waals surface area contributed by atoms with Crippen LogP contribution in [0.25, 0.3) is 0 Å². The number of aliphatic imine (C=N–C) groups is 1. The van der Waals surface area contributed by atoms with Crippen LogP contribution in [0.3, 0.4) is 0 Å². The van der Waals surface area contributed by atoms with E-state index in [1.807, 2.05) is 18.2 Å². The Hall–Kier alpha value is -2.12. The molecule has 2 aliphatic heterocycles. The summed E-state index contributed by atoms with van der Waals surface area (Å²) in [6.07, 6.45) is 3.93. The van der Waals surface area contributed by atoms with Gasteiger partial charge in [0.25, 0.3) is 0 Å². The van der Waals surface area contributed by atoms with Gasteiger partial charge in [-0.15, -0.1) is 0 Å². The molecule has 0 radical (unpaired) electrons. The van der Waals surface area contributed by atoms with E-state index in [1.54, 1.807) is 24.4 Å². The van der Waals surface area contributed by atoms with E-state index >= 15 is 0 Å². The van der Waals surface area contributed by atoms with E-state index in [0.29, 0.717) is 40.7 Å². The van der Waals surface area contributed by atoms with Gasteiger partial charge in [-0.05, 0) is 63.2 Å². The van der Waals surface area contributed by atoms with Gasteiger partial charge in [0.05, 0.1) is 38.0 Å². The number of piperidine rings is 1. The smallest absolute Gasteiger partial charge is 0.163 e. The first-order chi connectivity index (χ1) is 14.0. The summed E-state index contributed by atoms with van der Waals surface area (Å²) in [5, 5.41) is 0. The first-order valence-corrected chi connectivity index (χ1v) is 10.6. The van der Waals surface area contributed by atoms with E-state index in [4.69, 9.17) is 9.47 Å². The SMILES string of the molecule is COc1cc2c(cc1OCC1CCN(C)CC1)N(c1ccc(Br)cc1F)C=NC2. The molecule has 1 fully saturated rings. The van der Waals surface area contributed by atoms with Gasteiger partial charge < -0.3 is 14.4 Å². The fraction of sp³-hybridized carbons (Fsp3) is 0.409. The minimum Gasteiger partial charge on any atom is -0.493 e. The highest BCUT2D eigenvalue weighted by molar-refractivity contribution is 9.10. The number of ether oxygens (including phenoxy) is 2. The Labute approximate surface area is 179 Å². The highest BCUT2D eigenvalue weighted by atomic mass is 79.9. The number of anilines is 2. The molecule has 1 saturated heterocycles. The number of hydrogen-bond acceptors (Lipinski definition) is 5. The zero-order chi connectivity index (χ0) is 20.4. The standard InChI is InChI=1S/C22H25BrFN3O2/c1-26-7-5-15(6-8-26)13-29-22-11-20-16(9-21(22)28-2)12-25-14-27(20)19-4-3-17(23)10-18(19)24/h3-4,9-11,14-15H,5-8,12-13H2,1-2H3. The molecule has 29 heavy (non-hydrogen) atoms. The molecule has 0 atom stereocenters. The van der Waals surface area contributed by atoms with Gasteiger partial charge in [-0.3, -0.25) is 9.89 Å². The predicted molar refractivity (Wildman–Crippen MR) is 117 cm³/mol. The third-order valence-corrected chi connectivity index (χ3v) is 6.06. The van der Waals surface area contributed by atoms with E-state index in [0.717, 1.165) is 37.2 Å². The van der Waals surface area contributed by atoms with Gasteiger partial charge >= 0.3 is 0 Å². The molecule has 7 heteroatoms. The quantitative estimate of drug-likeness (QED) is 0.627. The van der Waals surface area contributed by atoms with E-state index in [1.165, 1.54) is 6.07 Å². The summed E-state index contributed by atoms with van der Waals surface area (Å²) in [6, 6.07) is 8.90. The maximum Gasteiger partial charge on any atom is 0.163 e. The van der Waals surface area contributed by atoms with E-state index in [-0.39, 0.29) is 5.82 Å². The van der Waals surface area contributed by atoms with Gasteiger partial charge in [0, 0.05) is 16.1 Å². The molecule has 0 amide bonds. The summed E-state index contributed by atoms with van der Waals surface area (Å²) < 4.78 is 27.1. The molecule has 0 aliphatic carbocycles. The van der Waals surface area contributed by atoms with E-state index < -0.39 is 0 Å². The van der Waals surface area contributed by atoms with Crippen LogP contribution in [0, 0.1) is 11.7 Å². The maximum absolute atomic E-state index is 14.6. The lowest BCUT2D eigenvalue weighted by atomic mass is 9.98. The van der Waals surface area contributed by atoms with Crippen LogP contribution in [0.1, 0.15) is 18.4 Å². The number of nitrogens with zero attached hydrogens (tertiary/aromatic N) is 3. The summed E-state index contributed by atoms with van der Waals surface area (Å²) >= 11 is 3.31. The lowest BCUT2D eigenvalue weighted by Crippen LogP contribution is -2.32. The number of rotatable bonds is 5. The van der Waals surface area contributed by atoms with Crippen LogP contribution in [0.15, 0.2) is 39.8 Å². The summed E-state index contributed by atoms with van der Waals surface area (Å²) in [7, 11) is 3.80. The van der Waals surface area contributed by atoms with Crippen LogP contribution in [0.4, 0.5) is 15.8 Å². The van der Waals surface area contributed by atoms with Crippen molar-refractivity contribution in [1.29, 1.82) is 0 Å². The molecule has 0 spiro atoms. The molecule has 2 aromatic carbocycles. The molecule has 0 saturated carbocycles. The van der Waals surface area contributed by atoms with Gasteiger partial charge in [0.2, 0.25) is 0 Å². The molecule has 2 aromatic rings. The Kier molecular flexibility index (Phi) is 6.06. The number of halogens is 2. The second-order valence-electron chi connectivity index (χ2n) is 7.61. The van der Waals surface area contributed by atoms with Crippen molar-refractivity contribution in [2.24, 2.45) is 10.9 Å². The Bertz CT molecular complexity index is 913. The number of hydrogen-bond donors (Lipinski definition) is 0. The van der Waals surface area contributed by atoms with Gasteiger partial charge in [0.1, 0.15) is 5.82 Å². The van der Waals surface area contributed by atoms with Gasteiger partial charge in [-0.25, -0.2) is 4.39 Å². The van der Waals surface area contributed by atoms with Gasteiger partial charge in [0.15, 0.2) is 11.5 Å². The number of benzene rings is 2. The lowest BCUT2D eigenvalue weighted by Gasteiger charge is -2.30. The summed E-state index contributed by atoms with van der Waals surface area (Å²) in [6.45, 7) is 3.38. The predicted octanol–water partition coefficient (Wildman–Crippen LogP) is 5.00. The molecule has 4 rings (SSSR count). The molecule has 0 bridgehead atoms. The van der Waals surface area contributed by atoms with Crippen LogP contribution in [-0.4, -0.2) is 45.1 Å². The largest absolute Gasteiger partial charge is 0.493 e. The second-order valence-corrected chi connectivity index (χ2v) is 8.53. The zero-order valence-electron chi connectivity index (χ0n) is 16.7. The van der Waals surface area contributed by atoms with E-state index in [9.17, 15) is 4.39 Å². The molecule has 154 valence electrons. The molecular formula is C22H25BrFN3O2. The van der Waals surface area contributed by atoms with Crippen molar-refractivity contribution in [2.75, 3.05) is 38.8 Å². The average molecular weight is 462 g/mol. The summed E-state index contributed by atoms with van der Waals surface area (Å²) in [5.41, 5.74) is 2.28. The monoisotopic (exact) mass is 461 g/mol. The third-order valence-electron chi connectivity index (χ3n) is 5.57. The third kappa shape index (κ3) is 4.41. The molecule has 0 N–H and O–H groups in total. The number of likely N-dealkylation sites (tertiary alicyclic amines) is 1. The number of fused-ring (bicyclic) bond motifs is 1. The van der Waals surface area contributed by atoms with Gasteiger partial charge in [-0.2, -0.15) is 0 Å². The van der Waals surface area contributed by atoms with Crippen LogP contribution in [-0.2, 0) is 6.54 Å². The Balaban J connectivity index is 1.61. The number of methoxy groups -OCH3 is 1. The second kappa shape index (κ2) is 8.71. The fourth-order valence-corrected chi connectivity index (χ4v) is 4.14. The molecule has 0 aromatic heterocycles. The highest BCUT2D eigenvalue weighted by Gasteiger charge is 2.23. The molecule has 0 unspecified atom stereocenters. The van der Waals surface area contributed by atoms with Crippen molar-refractivity contribution in [3.8, 4) is 11.5 Å². The van der Waals surface area contributed by atoms with Crippen LogP contribution >= 0.6 is 15.9 Å². The minimum absolute atomic E-state index is 0.316. The zero-order valence-corrected chi connectivity index (χ0v) is 18.3. The molecular weight excluding hydrogens is 437 g/mol. The average Bonchev–Trinajstić information content (AvgIpc) is 2.72. The lowest BCUT2D eigenvalue weighted by molar-refractivity contribution is 0.157. The Morgan fingerprint density at radius 3 is 2.66 bits per heavy atom. The topological polar surface area (TPSA) is 37.3 Å². The Morgan fingerprint density at radius 1 is 1.14 bits per heavy atom. The van der Waals surface area contributed by atoms with Crippen molar-refractivity contribution in [3.63, 3.8) is 0 Å². The Morgan fingerprint density at radius 2 is 1.93 bits per heavy atom. The van der Waals surface area contributed by atoms with Crippen molar-refractivity contribution in [2.45, 2.75) is 19.4 Å². The first kappa shape index (κ1) is 20.2. The normalized spacial score (nSPS) is 17.3. The van der Waals surface area contributed by atoms with Crippen LogP contribution in [0.2, 0.25) is 0 Å². The molecule has 2 heterocycles. The first-order valence-electron chi connectivity index (χ1n) is 9.81. The van der Waals surface area contributed by atoms with Crippen molar-refractivity contribution in [1.82, 2.24) is 4.90 Å². The molecule has 5 nitrogen and oxygen atoms in total. The van der Waals surface area contributed by atoms with Crippen molar-refractivity contribution in [3.05, 3.63) is 46.2 Å². The highest BCUT2D eigenvalue weighted by Crippen LogP contribution is 2.40. The van der Waals surface area contributed by atoms with Crippen molar-refractivity contribution >= 4 is 33.6 Å². The van der Waals surface area contributed by atoms with Crippen LogP contribution in [0.5, 0.6) is 11.5 Å². The van der Waals surface area contributed by atoms with Crippen LogP contribution < -0.4 is 14.4 Å². The summed E-state index contributed by atoms with van der Waals surface area (Å²) in [5.74, 6) is 1.59. The fourth-order valence-electron chi connectivity index (χ4n) is 3.80. The minimum atomic E-state index is -0.316. The molecule has 2 aliphatic rings. The van der Waals surface area contributed by atoms with E-state index in [2.05, 4.69) is 32.9 Å². The summed E-state index contributed by atoms with van der Waals surface area (Å²) in [4.78, 5) is 8.51. The maximum atomic E-state index is 14.6.